The van der Waals surface area contributed by atoms with Crippen LogP contribution < -0.4 is 0 Å². The fourth-order valence-electron chi connectivity index (χ4n) is 2.77. The summed E-state index contributed by atoms with van der Waals surface area (Å²) in [5.74, 6) is -0.506. The predicted molar refractivity (Wildman–Crippen MR) is 99.0 cm³/mol. The average molecular weight is 509 g/mol. The molecule has 1 aliphatic rings. The molecule has 0 aliphatic carbocycles. The maximum atomic E-state index is 12.6. The molecule has 1 unspecified atom stereocenters. The number of esters is 1. The van der Waals surface area contributed by atoms with Gasteiger partial charge in [0, 0.05) is 16.9 Å². The fraction of sp³-hybridized carbons (Fsp3) is 0.211. The van der Waals surface area contributed by atoms with E-state index in [4.69, 9.17) is 0 Å². The molecule has 15 heteroatoms. The number of rotatable bonds is 3. The van der Waals surface area contributed by atoms with Crippen molar-refractivity contribution in [1.82, 2.24) is 5.06 Å². The van der Waals surface area contributed by atoms with E-state index in [0.29, 0.717) is 6.92 Å². The van der Waals surface area contributed by atoms with Crippen molar-refractivity contribution in [2.45, 2.75) is 24.7 Å². The molecule has 2 aromatic carbocycles. The lowest BCUT2D eigenvalue weighted by Gasteiger charge is -2.25. The van der Waals surface area contributed by atoms with E-state index in [1.807, 2.05) is 5.92 Å². The molecule has 2 aromatic rings. The summed E-state index contributed by atoms with van der Waals surface area (Å²) in [7, 11) is -6.35. The van der Waals surface area contributed by atoms with E-state index in [-0.39, 0.29) is 16.3 Å². The first-order valence-corrected chi connectivity index (χ1v) is 10.2. The van der Waals surface area contributed by atoms with E-state index >= 15 is 0 Å². The van der Waals surface area contributed by atoms with Gasteiger partial charge in [-0.2, -0.15) is 34.8 Å². The monoisotopic (exact) mass is 509 g/mol. The Morgan fingerprint density at radius 2 is 1.59 bits per heavy atom. The second-order valence-electron chi connectivity index (χ2n) is 6.61. The van der Waals surface area contributed by atoms with Crippen LogP contribution in [0.1, 0.15) is 33.2 Å². The summed E-state index contributed by atoms with van der Waals surface area (Å²) in [6.07, 6.45) is -7.24. The van der Waals surface area contributed by atoms with E-state index < -0.39 is 61.9 Å². The van der Waals surface area contributed by atoms with Gasteiger partial charge in [0.15, 0.2) is 6.10 Å². The summed E-state index contributed by atoms with van der Waals surface area (Å²) < 4.78 is 106. The largest absolute Gasteiger partial charge is 0.525 e. The third-order valence-corrected chi connectivity index (χ3v) is 5.28. The number of amides is 2. The predicted octanol–water partition coefficient (Wildman–Crippen LogP) is 3.06. The topological polar surface area (TPSA) is 107 Å². The molecule has 2 amide bonds. The number of alkyl halides is 6. The highest BCUT2D eigenvalue weighted by Crippen LogP contribution is 2.34. The molecule has 0 spiro atoms. The molecular formula is C19H9F6NO7S. The molecule has 180 valence electrons. The Hall–Kier alpha value is -3.64. The molecule has 0 radical (unpaired) electrons. The third kappa shape index (κ3) is 4.54. The highest BCUT2D eigenvalue weighted by molar-refractivity contribution is 7.87. The Labute approximate surface area is 186 Å². The highest BCUT2D eigenvalue weighted by atomic mass is 32.2. The van der Waals surface area contributed by atoms with Gasteiger partial charge < -0.3 is 4.74 Å². The minimum absolute atomic E-state index is 0.0270. The first-order valence-electron chi connectivity index (χ1n) is 8.79. The summed E-state index contributed by atoms with van der Waals surface area (Å²) in [5.41, 5.74) is -6.82. The number of halogens is 6. The molecule has 1 aliphatic heterocycles. The average Bonchev–Trinajstić information content (AvgIpc) is 2.72. The maximum Gasteiger partial charge on any atom is 0.525 e. The quantitative estimate of drug-likeness (QED) is 0.206. The van der Waals surface area contributed by atoms with E-state index in [0.717, 1.165) is 18.2 Å². The number of nitrogens with zero attached hydrogens (tertiary/aromatic N) is 1. The third-order valence-electron chi connectivity index (χ3n) is 4.37. The molecule has 0 saturated heterocycles. The molecular weight excluding hydrogens is 500 g/mol. The zero-order valence-electron chi connectivity index (χ0n) is 16.4. The van der Waals surface area contributed by atoms with E-state index in [9.17, 15) is 49.1 Å². The fourth-order valence-corrected chi connectivity index (χ4v) is 3.18. The number of ether oxygens (including phenoxy) is 1. The van der Waals surface area contributed by atoms with E-state index in [2.05, 4.69) is 14.9 Å². The van der Waals surface area contributed by atoms with Gasteiger partial charge in [-0.05, 0) is 30.5 Å². The van der Waals surface area contributed by atoms with Crippen molar-refractivity contribution in [1.29, 1.82) is 0 Å². The van der Waals surface area contributed by atoms with E-state index in [1.165, 1.54) is 12.1 Å². The molecule has 1 atom stereocenters. The zero-order valence-corrected chi connectivity index (χ0v) is 17.3. The molecule has 0 N–H and O–H groups in total. The molecule has 0 saturated carbocycles. The minimum atomic E-state index is -6.35. The summed E-state index contributed by atoms with van der Waals surface area (Å²) in [6, 6.07) is 5.62. The molecule has 0 aromatic heterocycles. The maximum absolute atomic E-state index is 12.6. The molecule has 3 rings (SSSR count). The van der Waals surface area contributed by atoms with Crippen LogP contribution in [-0.4, -0.2) is 49.1 Å². The van der Waals surface area contributed by atoms with Crippen LogP contribution in [0.4, 0.5) is 26.3 Å². The molecule has 0 bridgehead atoms. The number of hydrogen-bond acceptors (Lipinski definition) is 7. The Morgan fingerprint density at radius 3 is 2.15 bits per heavy atom. The van der Waals surface area contributed by atoms with Crippen LogP contribution in [0.2, 0.25) is 0 Å². The number of hydroxylamine groups is 2. The highest BCUT2D eigenvalue weighted by Gasteiger charge is 2.51. The Kier molecular flexibility index (Phi) is 6.10. The molecule has 34 heavy (non-hydrogen) atoms. The van der Waals surface area contributed by atoms with Gasteiger partial charge in [-0.15, -0.1) is 9.35 Å². The van der Waals surface area contributed by atoms with Gasteiger partial charge in [-0.25, -0.2) is 4.79 Å². The van der Waals surface area contributed by atoms with Crippen molar-refractivity contribution in [2.75, 3.05) is 0 Å². The Morgan fingerprint density at radius 1 is 1.00 bits per heavy atom. The minimum Gasteiger partial charge on any atom is -0.443 e. The van der Waals surface area contributed by atoms with E-state index in [1.54, 1.807) is 0 Å². The Balaban J connectivity index is 2.02. The molecule has 0 fully saturated rings. The second-order valence-corrected chi connectivity index (χ2v) is 8.13. The lowest BCUT2D eigenvalue weighted by molar-refractivity contribution is -0.212. The summed E-state index contributed by atoms with van der Waals surface area (Å²) >= 11 is 0. The standard InChI is InChI=1S/C19H9F6NO7S/c1-9(18(20,21)22)32-14(27)8-6-10-5-7-13-15-11(10)3-2-4-12(15)16(28)26(17(13)29)33-34(30,31)19(23,24)25/h2-5,7,9H,1H3. The van der Waals surface area contributed by atoms with Gasteiger partial charge in [-0.1, -0.05) is 18.1 Å². The summed E-state index contributed by atoms with van der Waals surface area (Å²) in [4.78, 5) is 36.7. The van der Waals surface area contributed by atoms with Crippen LogP contribution in [0.15, 0.2) is 30.3 Å². The van der Waals surface area contributed by atoms with Crippen molar-refractivity contribution in [3.8, 4) is 11.8 Å². The van der Waals surface area contributed by atoms with Gasteiger partial charge >= 0.3 is 27.8 Å². The number of imide groups is 1. The van der Waals surface area contributed by atoms with Gasteiger partial charge in [0.2, 0.25) is 0 Å². The number of carbonyl (C=O) groups is 3. The summed E-state index contributed by atoms with van der Waals surface area (Å²) in [6.45, 7) is 0.589. The van der Waals surface area contributed by atoms with Crippen LogP contribution in [0, 0.1) is 11.8 Å². The van der Waals surface area contributed by atoms with Crippen molar-refractivity contribution in [2.24, 2.45) is 0 Å². The SMILES string of the molecule is CC(OC(=O)C#Cc1ccc2c3c(cccc13)C(=O)N(OS(=O)(=O)C(F)(F)F)C2=O)C(F)(F)F. The van der Waals surface area contributed by atoms with Crippen molar-refractivity contribution >= 4 is 38.7 Å². The van der Waals surface area contributed by atoms with Crippen molar-refractivity contribution in [3.63, 3.8) is 0 Å². The smallest absolute Gasteiger partial charge is 0.443 e. The van der Waals surface area contributed by atoms with Gasteiger partial charge in [0.25, 0.3) is 11.8 Å². The number of carbonyl (C=O) groups excluding carboxylic acids is 3. The van der Waals surface area contributed by atoms with Crippen LogP contribution in [-0.2, 0) is 23.9 Å². The van der Waals surface area contributed by atoms with Crippen LogP contribution in [0.5, 0.6) is 0 Å². The lowest BCUT2D eigenvalue weighted by Crippen LogP contribution is -2.44. The normalized spacial score (nSPS) is 15.1. The molecule has 1 heterocycles. The number of benzene rings is 2. The summed E-state index contributed by atoms with van der Waals surface area (Å²) in [5, 5.41) is -0.675. The van der Waals surface area contributed by atoms with Gasteiger partial charge in [0.05, 0.1) is 11.1 Å². The first kappa shape index (κ1) is 25.0. The van der Waals surface area contributed by atoms with Crippen LogP contribution in [0.25, 0.3) is 10.8 Å². The van der Waals surface area contributed by atoms with Crippen LogP contribution in [0.3, 0.4) is 0 Å². The van der Waals surface area contributed by atoms with Gasteiger partial charge in [0.1, 0.15) is 0 Å². The van der Waals surface area contributed by atoms with Crippen molar-refractivity contribution < 1.29 is 58.2 Å². The zero-order chi connectivity index (χ0) is 25.6. The van der Waals surface area contributed by atoms with Crippen LogP contribution >= 0.6 is 0 Å². The second kappa shape index (κ2) is 8.29. The first-order chi connectivity index (χ1) is 15.5. The lowest BCUT2D eigenvalue weighted by atomic mass is 9.92. The Bertz CT molecular complexity index is 1360. The molecule has 8 nitrogen and oxygen atoms in total. The number of hydrogen-bond donors (Lipinski definition) is 0. The van der Waals surface area contributed by atoms with Gasteiger partial charge in [-0.3, -0.25) is 9.59 Å². The van der Waals surface area contributed by atoms with Crippen molar-refractivity contribution in [3.05, 3.63) is 47.0 Å².